The molecule has 1 aliphatic carbocycles. The average Bonchev–Trinajstić information content (AvgIpc) is 3.20. The molecule has 0 aromatic heterocycles. The van der Waals surface area contributed by atoms with Crippen LogP contribution in [0.4, 0.5) is 11.4 Å². The highest BCUT2D eigenvalue weighted by Gasteiger charge is 2.23. The van der Waals surface area contributed by atoms with Crippen molar-refractivity contribution in [2.75, 3.05) is 18.5 Å². The quantitative estimate of drug-likeness (QED) is 0.575. The number of rotatable bonds is 8. The summed E-state index contributed by atoms with van der Waals surface area (Å²) < 4.78 is 5.45. The van der Waals surface area contributed by atoms with E-state index in [2.05, 4.69) is 5.32 Å². The topological polar surface area (TPSA) is 64.4 Å². The average molecular weight is 264 g/mol. The molecule has 5 heteroatoms. The second-order valence-corrected chi connectivity index (χ2v) is 4.92. The molecule has 19 heavy (non-hydrogen) atoms. The molecule has 0 unspecified atom stereocenters. The number of ether oxygens (including phenoxy) is 1. The molecule has 1 aromatic rings. The van der Waals surface area contributed by atoms with Crippen LogP contribution in [0.3, 0.4) is 0 Å². The van der Waals surface area contributed by atoms with Crippen molar-refractivity contribution < 1.29 is 9.66 Å². The Kier molecular flexibility index (Phi) is 4.60. The molecular weight excluding hydrogens is 244 g/mol. The highest BCUT2D eigenvalue weighted by molar-refractivity contribution is 5.68. The normalized spacial score (nSPS) is 14.2. The van der Waals surface area contributed by atoms with Gasteiger partial charge in [0.1, 0.15) is 5.69 Å². The van der Waals surface area contributed by atoms with Crippen LogP contribution in [0.15, 0.2) is 18.2 Å². The summed E-state index contributed by atoms with van der Waals surface area (Å²) in [6.45, 7) is 3.25. The van der Waals surface area contributed by atoms with Crippen LogP contribution in [0.5, 0.6) is 5.75 Å². The molecule has 0 heterocycles. The van der Waals surface area contributed by atoms with E-state index in [1.54, 1.807) is 18.2 Å². The number of benzene rings is 1. The molecule has 1 saturated carbocycles. The van der Waals surface area contributed by atoms with Gasteiger partial charge < -0.3 is 10.1 Å². The van der Waals surface area contributed by atoms with Crippen LogP contribution >= 0.6 is 0 Å². The number of hydrogen-bond donors (Lipinski definition) is 1. The molecular formula is C14H20N2O3. The Hall–Kier alpha value is -1.78. The highest BCUT2D eigenvalue weighted by Crippen LogP contribution is 2.36. The molecule has 1 aromatic carbocycles. The van der Waals surface area contributed by atoms with E-state index >= 15 is 0 Å². The predicted octanol–water partition coefficient (Wildman–Crippen LogP) is 3.60. The summed E-state index contributed by atoms with van der Waals surface area (Å²) in [5.74, 6) is 1.16. The third kappa shape index (κ3) is 3.84. The van der Waals surface area contributed by atoms with Gasteiger partial charge in [0.05, 0.1) is 11.5 Å². The van der Waals surface area contributed by atoms with Gasteiger partial charge in [0.25, 0.3) is 0 Å². The van der Waals surface area contributed by atoms with Crippen LogP contribution in [-0.4, -0.2) is 18.1 Å². The standard InChI is InChI=1S/C14H20N2O3/c1-2-10-19-13-5-3-4-12(14(13)16(17)18)15-9-8-11-6-7-11/h3-5,11,15H,2,6-10H2,1H3. The van der Waals surface area contributed by atoms with E-state index < -0.39 is 0 Å². The molecule has 104 valence electrons. The minimum atomic E-state index is -0.371. The molecule has 1 N–H and O–H groups in total. The maximum Gasteiger partial charge on any atom is 0.333 e. The van der Waals surface area contributed by atoms with Gasteiger partial charge in [-0.05, 0) is 30.9 Å². The van der Waals surface area contributed by atoms with Crippen molar-refractivity contribution in [2.24, 2.45) is 5.92 Å². The SMILES string of the molecule is CCCOc1cccc(NCCC2CC2)c1[N+](=O)[O-]. The van der Waals surface area contributed by atoms with Gasteiger partial charge in [0.15, 0.2) is 5.75 Å². The van der Waals surface area contributed by atoms with E-state index in [4.69, 9.17) is 4.74 Å². The van der Waals surface area contributed by atoms with E-state index in [9.17, 15) is 10.1 Å². The molecule has 1 fully saturated rings. The van der Waals surface area contributed by atoms with E-state index in [0.29, 0.717) is 18.0 Å². The van der Waals surface area contributed by atoms with Crippen LogP contribution in [0, 0.1) is 16.0 Å². The van der Waals surface area contributed by atoms with E-state index in [1.807, 2.05) is 6.92 Å². The molecule has 2 rings (SSSR count). The van der Waals surface area contributed by atoms with Crippen molar-refractivity contribution in [3.05, 3.63) is 28.3 Å². The molecule has 0 atom stereocenters. The molecule has 0 spiro atoms. The second-order valence-electron chi connectivity index (χ2n) is 4.92. The number of nitrogens with one attached hydrogen (secondary N) is 1. The first-order valence-corrected chi connectivity index (χ1v) is 6.86. The Morgan fingerprint density at radius 1 is 1.47 bits per heavy atom. The monoisotopic (exact) mass is 264 g/mol. The van der Waals surface area contributed by atoms with Crippen molar-refractivity contribution in [2.45, 2.75) is 32.6 Å². The summed E-state index contributed by atoms with van der Waals surface area (Å²) >= 11 is 0. The lowest BCUT2D eigenvalue weighted by Crippen LogP contribution is -2.07. The summed E-state index contributed by atoms with van der Waals surface area (Å²) in [5, 5.41) is 14.4. The van der Waals surface area contributed by atoms with Crippen molar-refractivity contribution in [1.82, 2.24) is 0 Å². The van der Waals surface area contributed by atoms with Gasteiger partial charge in [-0.2, -0.15) is 0 Å². The third-order valence-corrected chi connectivity index (χ3v) is 3.21. The van der Waals surface area contributed by atoms with E-state index in [0.717, 1.165) is 25.3 Å². The number of anilines is 1. The van der Waals surface area contributed by atoms with Crippen molar-refractivity contribution in [3.63, 3.8) is 0 Å². The van der Waals surface area contributed by atoms with Gasteiger partial charge in [-0.1, -0.05) is 25.8 Å². The van der Waals surface area contributed by atoms with Crippen molar-refractivity contribution in [3.8, 4) is 5.75 Å². The zero-order valence-corrected chi connectivity index (χ0v) is 11.2. The van der Waals surface area contributed by atoms with Gasteiger partial charge in [0, 0.05) is 6.54 Å². The summed E-state index contributed by atoms with van der Waals surface area (Å²) in [6, 6.07) is 5.18. The van der Waals surface area contributed by atoms with E-state index in [1.165, 1.54) is 12.8 Å². The predicted molar refractivity (Wildman–Crippen MR) is 74.7 cm³/mol. The Morgan fingerprint density at radius 2 is 2.26 bits per heavy atom. The summed E-state index contributed by atoms with van der Waals surface area (Å²) in [5.41, 5.74) is 0.603. The first-order chi connectivity index (χ1) is 9.22. The summed E-state index contributed by atoms with van der Waals surface area (Å²) in [6.07, 6.45) is 4.50. The molecule has 5 nitrogen and oxygen atoms in total. The fraction of sp³-hybridized carbons (Fsp3) is 0.571. The molecule has 0 radical (unpaired) electrons. The number of nitro groups is 1. The molecule has 0 aliphatic heterocycles. The molecule has 0 saturated heterocycles. The number of para-hydroxylation sites is 1. The first-order valence-electron chi connectivity index (χ1n) is 6.86. The minimum Gasteiger partial charge on any atom is -0.487 e. The van der Waals surface area contributed by atoms with E-state index in [-0.39, 0.29) is 10.6 Å². The van der Waals surface area contributed by atoms with Gasteiger partial charge in [-0.25, -0.2) is 0 Å². The van der Waals surface area contributed by atoms with Gasteiger partial charge >= 0.3 is 5.69 Å². The Bertz CT molecular complexity index is 444. The fourth-order valence-electron chi connectivity index (χ4n) is 2.00. The number of hydrogen-bond acceptors (Lipinski definition) is 4. The van der Waals surface area contributed by atoms with Gasteiger partial charge in [-0.15, -0.1) is 0 Å². The van der Waals surface area contributed by atoms with Crippen molar-refractivity contribution >= 4 is 11.4 Å². The number of nitrogens with zero attached hydrogens (tertiary/aromatic N) is 1. The van der Waals surface area contributed by atoms with Gasteiger partial charge in [0.2, 0.25) is 0 Å². The second kappa shape index (κ2) is 6.41. The molecule has 0 amide bonds. The highest BCUT2D eigenvalue weighted by atomic mass is 16.6. The minimum absolute atomic E-state index is 0.0479. The maximum absolute atomic E-state index is 11.2. The lowest BCUT2D eigenvalue weighted by Gasteiger charge is -2.10. The first kappa shape index (κ1) is 13.6. The fourth-order valence-corrected chi connectivity index (χ4v) is 2.00. The summed E-state index contributed by atoms with van der Waals surface area (Å²) in [4.78, 5) is 10.8. The van der Waals surface area contributed by atoms with Crippen LogP contribution in [0.1, 0.15) is 32.6 Å². The Morgan fingerprint density at radius 3 is 2.89 bits per heavy atom. The van der Waals surface area contributed by atoms with Crippen LogP contribution in [0.2, 0.25) is 0 Å². The zero-order valence-electron chi connectivity index (χ0n) is 11.2. The van der Waals surface area contributed by atoms with Crippen molar-refractivity contribution in [1.29, 1.82) is 0 Å². The molecule has 1 aliphatic rings. The number of nitro benzene ring substituents is 1. The Labute approximate surface area is 113 Å². The lowest BCUT2D eigenvalue weighted by atomic mass is 10.2. The van der Waals surface area contributed by atoms with Gasteiger partial charge in [-0.3, -0.25) is 10.1 Å². The third-order valence-electron chi connectivity index (χ3n) is 3.21. The lowest BCUT2D eigenvalue weighted by molar-refractivity contribution is -0.385. The zero-order chi connectivity index (χ0) is 13.7. The smallest absolute Gasteiger partial charge is 0.333 e. The van der Waals surface area contributed by atoms with Crippen LogP contribution in [-0.2, 0) is 0 Å². The van der Waals surface area contributed by atoms with Crippen LogP contribution in [0.25, 0.3) is 0 Å². The Balaban J connectivity index is 2.07. The van der Waals surface area contributed by atoms with Crippen LogP contribution < -0.4 is 10.1 Å². The maximum atomic E-state index is 11.2. The molecule has 0 bridgehead atoms. The largest absolute Gasteiger partial charge is 0.487 e. The summed E-state index contributed by atoms with van der Waals surface area (Å²) in [7, 11) is 0.